The highest BCUT2D eigenvalue weighted by Gasteiger charge is 2.28. The summed E-state index contributed by atoms with van der Waals surface area (Å²) in [7, 11) is 0. The van der Waals surface area contributed by atoms with Crippen molar-refractivity contribution in [2.24, 2.45) is 5.73 Å². The van der Waals surface area contributed by atoms with Crippen LogP contribution < -0.4 is 10.5 Å². The third-order valence-corrected chi connectivity index (χ3v) is 4.64. The zero-order chi connectivity index (χ0) is 13.8. The van der Waals surface area contributed by atoms with Crippen LogP contribution in [-0.4, -0.2) is 36.7 Å². The molecule has 0 saturated heterocycles. The van der Waals surface area contributed by atoms with E-state index < -0.39 is 0 Å². The van der Waals surface area contributed by atoms with E-state index in [4.69, 9.17) is 10.5 Å². The Hall–Kier alpha value is -1.06. The number of nitrogens with two attached hydrogens (primary N) is 1. The molecule has 1 aromatic rings. The van der Waals surface area contributed by atoms with Gasteiger partial charge in [-0.25, -0.2) is 0 Å². The fraction of sp³-hybridized carbons (Fsp3) is 0.647. The van der Waals surface area contributed by atoms with Gasteiger partial charge in [0.15, 0.2) is 0 Å². The smallest absolute Gasteiger partial charge is 0.123 e. The minimum Gasteiger partial charge on any atom is -0.488 e. The summed E-state index contributed by atoms with van der Waals surface area (Å²) in [6.45, 7) is 2.96. The van der Waals surface area contributed by atoms with Gasteiger partial charge in [-0.05, 0) is 44.0 Å². The van der Waals surface area contributed by atoms with E-state index in [0.717, 1.165) is 44.3 Å². The maximum atomic E-state index is 6.10. The van der Waals surface area contributed by atoms with Crippen molar-refractivity contribution < 1.29 is 4.74 Å². The highest BCUT2D eigenvalue weighted by Crippen LogP contribution is 2.30. The molecule has 0 aromatic heterocycles. The Labute approximate surface area is 122 Å². The lowest BCUT2D eigenvalue weighted by molar-refractivity contribution is 0.116. The molecule has 1 atom stereocenters. The molecule has 110 valence electrons. The van der Waals surface area contributed by atoms with Gasteiger partial charge in [0.25, 0.3) is 0 Å². The summed E-state index contributed by atoms with van der Waals surface area (Å²) in [6.07, 6.45) is 7.95. The second-order valence-corrected chi connectivity index (χ2v) is 6.13. The summed E-state index contributed by atoms with van der Waals surface area (Å²) < 4.78 is 6.10. The Morgan fingerprint density at radius 1 is 1.20 bits per heavy atom. The topological polar surface area (TPSA) is 38.5 Å². The number of para-hydroxylation sites is 1. The highest BCUT2D eigenvalue weighted by atomic mass is 16.5. The third-order valence-electron chi connectivity index (χ3n) is 4.64. The maximum absolute atomic E-state index is 6.10. The molecule has 1 aliphatic carbocycles. The van der Waals surface area contributed by atoms with Gasteiger partial charge >= 0.3 is 0 Å². The molecule has 1 fully saturated rings. The van der Waals surface area contributed by atoms with Crippen molar-refractivity contribution in [2.75, 3.05) is 19.6 Å². The summed E-state index contributed by atoms with van der Waals surface area (Å²) in [5, 5.41) is 0. The van der Waals surface area contributed by atoms with Crippen molar-refractivity contribution in [3.8, 4) is 5.75 Å². The van der Waals surface area contributed by atoms with E-state index in [0.29, 0.717) is 6.10 Å². The van der Waals surface area contributed by atoms with E-state index in [1.807, 2.05) is 0 Å². The predicted molar refractivity (Wildman–Crippen MR) is 82.1 cm³/mol. The van der Waals surface area contributed by atoms with Crippen LogP contribution in [0.2, 0.25) is 0 Å². The quantitative estimate of drug-likeness (QED) is 0.866. The fourth-order valence-corrected chi connectivity index (χ4v) is 3.60. The lowest BCUT2D eigenvalue weighted by Crippen LogP contribution is -2.41. The second kappa shape index (κ2) is 6.59. The van der Waals surface area contributed by atoms with Crippen LogP contribution in [0.25, 0.3) is 0 Å². The fourth-order valence-electron chi connectivity index (χ4n) is 3.60. The van der Waals surface area contributed by atoms with Crippen LogP contribution in [0.4, 0.5) is 0 Å². The average molecular weight is 274 g/mol. The Morgan fingerprint density at radius 3 is 2.75 bits per heavy atom. The summed E-state index contributed by atoms with van der Waals surface area (Å²) in [5.74, 6) is 1.09. The molecule has 0 spiro atoms. The number of hydrogen-bond acceptors (Lipinski definition) is 3. The molecule has 20 heavy (non-hydrogen) atoms. The van der Waals surface area contributed by atoms with E-state index in [1.54, 1.807) is 0 Å². The molecule has 3 heteroatoms. The molecule has 0 radical (unpaired) electrons. The van der Waals surface area contributed by atoms with E-state index in [-0.39, 0.29) is 0 Å². The molecular weight excluding hydrogens is 248 g/mol. The van der Waals surface area contributed by atoms with Crippen LogP contribution in [0.3, 0.4) is 0 Å². The van der Waals surface area contributed by atoms with Crippen LogP contribution in [0.15, 0.2) is 24.3 Å². The number of fused-ring (bicyclic) bond motifs is 1. The van der Waals surface area contributed by atoms with Crippen LogP contribution in [0.5, 0.6) is 5.75 Å². The molecule has 3 nitrogen and oxygen atoms in total. The lowest BCUT2D eigenvalue weighted by atomic mass is 10.1. The Bertz CT molecular complexity index is 404. The van der Waals surface area contributed by atoms with E-state index in [1.165, 1.54) is 31.2 Å². The van der Waals surface area contributed by atoms with Gasteiger partial charge in [0.05, 0.1) is 0 Å². The zero-order valence-corrected chi connectivity index (χ0v) is 12.3. The molecule has 0 bridgehead atoms. The first-order chi connectivity index (χ1) is 9.86. The van der Waals surface area contributed by atoms with Gasteiger partial charge in [-0.1, -0.05) is 31.0 Å². The molecule has 1 saturated carbocycles. The molecule has 2 N–H and O–H groups in total. The zero-order valence-electron chi connectivity index (χ0n) is 12.3. The van der Waals surface area contributed by atoms with Crippen LogP contribution in [-0.2, 0) is 6.42 Å². The molecule has 1 unspecified atom stereocenters. The highest BCUT2D eigenvalue weighted by molar-refractivity contribution is 5.37. The van der Waals surface area contributed by atoms with E-state index in [9.17, 15) is 0 Å². The maximum Gasteiger partial charge on any atom is 0.123 e. The summed E-state index contributed by atoms with van der Waals surface area (Å²) >= 11 is 0. The third kappa shape index (κ3) is 3.15. The van der Waals surface area contributed by atoms with Gasteiger partial charge < -0.3 is 10.5 Å². The predicted octanol–water partition coefficient (Wildman–Crippen LogP) is 2.58. The second-order valence-electron chi connectivity index (χ2n) is 6.13. The molecule has 1 aliphatic heterocycles. The minimum atomic E-state index is 0.325. The van der Waals surface area contributed by atoms with E-state index in [2.05, 4.69) is 29.2 Å². The van der Waals surface area contributed by atoms with Crippen molar-refractivity contribution in [1.82, 2.24) is 4.90 Å². The van der Waals surface area contributed by atoms with Crippen molar-refractivity contribution in [3.63, 3.8) is 0 Å². The van der Waals surface area contributed by atoms with Crippen LogP contribution >= 0.6 is 0 Å². The van der Waals surface area contributed by atoms with Crippen molar-refractivity contribution in [3.05, 3.63) is 29.8 Å². The number of nitrogens with zero attached hydrogens (tertiary/aromatic N) is 1. The number of hydrogen-bond donors (Lipinski definition) is 1. The van der Waals surface area contributed by atoms with Gasteiger partial charge in [0.2, 0.25) is 0 Å². The van der Waals surface area contributed by atoms with Gasteiger partial charge in [0, 0.05) is 19.0 Å². The molecule has 1 aromatic carbocycles. The van der Waals surface area contributed by atoms with Crippen molar-refractivity contribution in [1.29, 1.82) is 0 Å². The van der Waals surface area contributed by atoms with Crippen LogP contribution in [0.1, 0.15) is 37.7 Å². The first-order valence-electron chi connectivity index (χ1n) is 8.05. The largest absolute Gasteiger partial charge is 0.488 e. The summed E-state index contributed by atoms with van der Waals surface area (Å²) in [4.78, 5) is 2.64. The van der Waals surface area contributed by atoms with Gasteiger partial charge in [-0.15, -0.1) is 0 Å². The van der Waals surface area contributed by atoms with E-state index >= 15 is 0 Å². The van der Waals surface area contributed by atoms with Crippen molar-refractivity contribution >= 4 is 0 Å². The Kier molecular flexibility index (Phi) is 4.58. The summed E-state index contributed by atoms with van der Waals surface area (Å²) in [5.41, 5.74) is 7.06. The number of benzene rings is 1. The Balaban J connectivity index is 1.59. The first kappa shape index (κ1) is 13.9. The normalized spacial score (nSPS) is 22.2. The standard InChI is InChI=1S/C17H26N2O/c18-10-5-11-19(15-7-2-3-8-15)13-16-12-14-6-1-4-9-17(14)20-16/h1,4,6,9,15-16H,2-3,5,7-8,10-13,18H2. The molecule has 1 heterocycles. The molecular formula is C17H26N2O. The van der Waals surface area contributed by atoms with Gasteiger partial charge in [-0.2, -0.15) is 0 Å². The average Bonchev–Trinajstić information content (AvgIpc) is 3.11. The monoisotopic (exact) mass is 274 g/mol. The molecule has 0 amide bonds. The van der Waals surface area contributed by atoms with Crippen LogP contribution in [0, 0.1) is 0 Å². The Morgan fingerprint density at radius 2 is 2.00 bits per heavy atom. The summed E-state index contributed by atoms with van der Waals surface area (Å²) in [6, 6.07) is 9.20. The number of ether oxygens (including phenoxy) is 1. The molecule has 3 rings (SSSR count). The number of rotatable bonds is 6. The van der Waals surface area contributed by atoms with Gasteiger partial charge in [-0.3, -0.25) is 4.90 Å². The first-order valence-corrected chi connectivity index (χ1v) is 8.05. The van der Waals surface area contributed by atoms with Gasteiger partial charge in [0.1, 0.15) is 11.9 Å². The minimum absolute atomic E-state index is 0.325. The lowest BCUT2D eigenvalue weighted by Gasteiger charge is -2.30. The van der Waals surface area contributed by atoms with Crippen molar-refractivity contribution in [2.45, 2.75) is 50.7 Å². The SMILES string of the molecule is NCCCN(CC1Cc2ccccc2O1)C1CCCC1. The molecule has 2 aliphatic rings.